The van der Waals surface area contributed by atoms with Crippen molar-refractivity contribution in [3.8, 4) is 11.5 Å². The van der Waals surface area contributed by atoms with Crippen LogP contribution in [0.2, 0.25) is 5.02 Å². The van der Waals surface area contributed by atoms with Crippen LogP contribution in [0.5, 0.6) is 11.5 Å². The number of fused-ring (bicyclic) bond motifs is 1. The van der Waals surface area contributed by atoms with Gasteiger partial charge in [-0.15, -0.1) is 0 Å². The molecule has 5 nitrogen and oxygen atoms in total. The van der Waals surface area contributed by atoms with E-state index in [1.807, 2.05) is 12.1 Å². The molecular weight excluding hydrogens is 395 g/mol. The number of anilines is 1. The van der Waals surface area contributed by atoms with E-state index in [2.05, 4.69) is 10.2 Å². The summed E-state index contributed by atoms with van der Waals surface area (Å²) in [5, 5.41) is 3.34. The Morgan fingerprint density at radius 1 is 1.24 bits per heavy atom. The molecule has 1 N–H and O–H groups in total. The molecule has 0 aliphatic carbocycles. The number of rotatable bonds is 6. The molecule has 0 unspecified atom stereocenters. The van der Waals surface area contributed by atoms with Gasteiger partial charge in [0.1, 0.15) is 5.82 Å². The van der Waals surface area contributed by atoms with Gasteiger partial charge in [-0.1, -0.05) is 23.7 Å². The zero-order valence-electron chi connectivity index (χ0n) is 16.1. The number of likely N-dealkylation sites (tertiary alicyclic amines) is 1. The van der Waals surface area contributed by atoms with Crippen LogP contribution < -0.4 is 14.8 Å². The molecular formula is C22H24ClFN2O3. The average molecular weight is 419 g/mol. The minimum Gasteiger partial charge on any atom is -0.454 e. The Kier molecular flexibility index (Phi) is 6.21. The molecule has 1 amide bonds. The fraction of sp³-hybridized carbons (Fsp3) is 0.409. The molecule has 4 rings (SSSR count). The highest BCUT2D eigenvalue weighted by Crippen LogP contribution is 2.37. The van der Waals surface area contributed by atoms with E-state index in [1.165, 1.54) is 6.07 Å². The van der Waals surface area contributed by atoms with Crippen molar-refractivity contribution >= 4 is 23.2 Å². The molecule has 0 saturated carbocycles. The lowest BCUT2D eigenvalue weighted by atomic mass is 9.93. The van der Waals surface area contributed by atoms with Crippen molar-refractivity contribution in [2.24, 2.45) is 5.92 Å². The summed E-state index contributed by atoms with van der Waals surface area (Å²) in [6.07, 6.45) is 3.35. The van der Waals surface area contributed by atoms with Crippen molar-refractivity contribution in [1.29, 1.82) is 0 Å². The van der Waals surface area contributed by atoms with Gasteiger partial charge in [-0.25, -0.2) is 4.39 Å². The van der Waals surface area contributed by atoms with Crippen LogP contribution in [0.25, 0.3) is 0 Å². The first-order chi connectivity index (χ1) is 14.1. The summed E-state index contributed by atoms with van der Waals surface area (Å²) in [6, 6.07) is 10.00. The van der Waals surface area contributed by atoms with Crippen LogP contribution in [-0.2, 0) is 11.3 Å². The third-order valence-corrected chi connectivity index (χ3v) is 5.82. The lowest BCUT2D eigenvalue weighted by Crippen LogP contribution is -2.35. The molecule has 2 aromatic rings. The molecule has 1 saturated heterocycles. The number of hydrogen-bond donors (Lipinski definition) is 1. The molecule has 1 fully saturated rings. The second-order valence-electron chi connectivity index (χ2n) is 7.61. The van der Waals surface area contributed by atoms with Crippen molar-refractivity contribution < 1.29 is 18.7 Å². The number of nitrogens with one attached hydrogen (secondary N) is 1. The third-order valence-electron chi connectivity index (χ3n) is 5.47. The monoisotopic (exact) mass is 418 g/mol. The van der Waals surface area contributed by atoms with Gasteiger partial charge in [0.15, 0.2) is 11.5 Å². The largest absolute Gasteiger partial charge is 0.454 e. The predicted molar refractivity (Wildman–Crippen MR) is 110 cm³/mol. The van der Waals surface area contributed by atoms with Crippen molar-refractivity contribution in [3.05, 3.63) is 52.8 Å². The Bertz CT molecular complexity index is 892. The van der Waals surface area contributed by atoms with Gasteiger partial charge >= 0.3 is 0 Å². The number of halogens is 2. The van der Waals surface area contributed by atoms with Crippen LogP contribution in [-0.4, -0.2) is 30.7 Å². The van der Waals surface area contributed by atoms with E-state index < -0.39 is 5.82 Å². The van der Waals surface area contributed by atoms with Gasteiger partial charge in [0.25, 0.3) is 0 Å². The molecule has 154 valence electrons. The summed E-state index contributed by atoms with van der Waals surface area (Å²) < 4.78 is 24.5. The molecule has 2 aliphatic rings. The fourth-order valence-corrected chi connectivity index (χ4v) is 4.18. The molecule has 0 bridgehead atoms. The Balaban J connectivity index is 1.29. The van der Waals surface area contributed by atoms with Crippen LogP contribution in [0.15, 0.2) is 36.4 Å². The van der Waals surface area contributed by atoms with E-state index in [9.17, 15) is 9.18 Å². The normalized spacial score (nSPS) is 18.6. The van der Waals surface area contributed by atoms with Gasteiger partial charge in [0.05, 0.1) is 5.69 Å². The van der Waals surface area contributed by atoms with Crippen LogP contribution in [0.3, 0.4) is 0 Å². The Labute approximate surface area is 174 Å². The number of amides is 1. The number of piperidine rings is 1. The first kappa shape index (κ1) is 20.0. The van der Waals surface area contributed by atoms with Crippen molar-refractivity contribution in [2.75, 3.05) is 25.2 Å². The Hall–Kier alpha value is -2.31. The highest BCUT2D eigenvalue weighted by Gasteiger charge is 2.23. The zero-order valence-corrected chi connectivity index (χ0v) is 16.9. The van der Waals surface area contributed by atoms with Crippen LogP contribution >= 0.6 is 11.6 Å². The SMILES string of the molecule is O=C(CC[C@H]1CCCN(Cc2cc3c(cc2Cl)OCO3)C1)Nc1ccccc1F. The topological polar surface area (TPSA) is 50.8 Å². The highest BCUT2D eigenvalue weighted by molar-refractivity contribution is 6.31. The predicted octanol–water partition coefficient (Wildman–Crippen LogP) is 4.84. The molecule has 0 aromatic heterocycles. The van der Waals surface area contributed by atoms with Crippen molar-refractivity contribution in [1.82, 2.24) is 4.90 Å². The first-order valence-electron chi connectivity index (χ1n) is 9.93. The third kappa shape index (κ3) is 5.00. The number of benzene rings is 2. The van der Waals surface area contributed by atoms with E-state index >= 15 is 0 Å². The maximum Gasteiger partial charge on any atom is 0.231 e. The number of carbonyl (C=O) groups is 1. The lowest BCUT2D eigenvalue weighted by Gasteiger charge is -2.33. The van der Waals surface area contributed by atoms with Crippen LogP contribution in [0.4, 0.5) is 10.1 Å². The number of para-hydroxylation sites is 1. The average Bonchev–Trinajstić information content (AvgIpc) is 3.16. The number of ether oxygens (including phenoxy) is 2. The number of carbonyl (C=O) groups excluding carboxylic acids is 1. The molecule has 7 heteroatoms. The van der Waals surface area contributed by atoms with Crippen LogP contribution in [0, 0.1) is 11.7 Å². The van der Waals surface area contributed by atoms with E-state index in [0.29, 0.717) is 23.1 Å². The summed E-state index contributed by atoms with van der Waals surface area (Å²) in [6.45, 7) is 2.89. The summed E-state index contributed by atoms with van der Waals surface area (Å²) in [7, 11) is 0. The maximum absolute atomic E-state index is 13.7. The summed E-state index contributed by atoms with van der Waals surface area (Å²) in [5.74, 6) is 1.30. The van der Waals surface area contributed by atoms with Crippen LogP contribution in [0.1, 0.15) is 31.2 Å². The van der Waals surface area contributed by atoms with E-state index in [-0.39, 0.29) is 18.4 Å². The highest BCUT2D eigenvalue weighted by atomic mass is 35.5. The summed E-state index contributed by atoms with van der Waals surface area (Å²) >= 11 is 6.41. The quantitative estimate of drug-likeness (QED) is 0.729. The fourth-order valence-electron chi connectivity index (χ4n) is 3.96. The molecule has 2 heterocycles. The smallest absolute Gasteiger partial charge is 0.231 e. The molecule has 0 spiro atoms. The number of nitrogens with zero attached hydrogens (tertiary/aromatic N) is 1. The minimum atomic E-state index is -0.412. The summed E-state index contributed by atoms with van der Waals surface area (Å²) in [4.78, 5) is 14.6. The molecule has 1 atom stereocenters. The minimum absolute atomic E-state index is 0.147. The van der Waals surface area contributed by atoms with E-state index in [0.717, 1.165) is 50.2 Å². The number of hydrogen-bond acceptors (Lipinski definition) is 4. The first-order valence-corrected chi connectivity index (χ1v) is 10.3. The second-order valence-corrected chi connectivity index (χ2v) is 8.01. The van der Waals surface area contributed by atoms with Gasteiger partial charge < -0.3 is 14.8 Å². The second kappa shape index (κ2) is 9.01. The molecule has 0 radical (unpaired) electrons. The van der Waals surface area contributed by atoms with Gasteiger partial charge in [0.2, 0.25) is 12.7 Å². The Morgan fingerprint density at radius 2 is 2.03 bits per heavy atom. The van der Waals surface area contributed by atoms with Crippen molar-refractivity contribution in [3.63, 3.8) is 0 Å². The summed E-state index contributed by atoms with van der Waals surface area (Å²) in [5.41, 5.74) is 1.26. The molecule has 29 heavy (non-hydrogen) atoms. The Morgan fingerprint density at radius 3 is 2.86 bits per heavy atom. The van der Waals surface area contributed by atoms with E-state index in [1.54, 1.807) is 18.2 Å². The molecule has 2 aliphatic heterocycles. The zero-order chi connectivity index (χ0) is 20.2. The van der Waals surface area contributed by atoms with Crippen molar-refractivity contribution in [2.45, 2.75) is 32.2 Å². The maximum atomic E-state index is 13.7. The standard InChI is InChI=1S/C22H24ClFN2O3/c23-17-11-21-20(28-14-29-21)10-16(17)13-26-9-3-4-15(12-26)7-8-22(27)25-19-6-2-1-5-18(19)24/h1-2,5-6,10-11,15H,3-4,7-9,12-14H2,(H,25,27)/t15-/m1/s1. The lowest BCUT2D eigenvalue weighted by molar-refractivity contribution is -0.116. The van der Waals surface area contributed by atoms with Gasteiger partial charge in [0, 0.05) is 30.6 Å². The van der Waals surface area contributed by atoms with Gasteiger partial charge in [-0.3, -0.25) is 9.69 Å². The van der Waals surface area contributed by atoms with E-state index in [4.69, 9.17) is 21.1 Å². The van der Waals surface area contributed by atoms with Gasteiger partial charge in [-0.2, -0.15) is 0 Å². The van der Waals surface area contributed by atoms with Gasteiger partial charge in [-0.05, 0) is 55.5 Å². The molecule has 2 aromatic carbocycles.